The van der Waals surface area contributed by atoms with E-state index in [9.17, 15) is 4.39 Å². The van der Waals surface area contributed by atoms with Gasteiger partial charge < -0.3 is 10.2 Å². The highest BCUT2D eigenvalue weighted by molar-refractivity contribution is 5.17. The van der Waals surface area contributed by atoms with Crippen LogP contribution in [0.25, 0.3) is 0 Å². The minimum Gasteiger partial charge on any atom is -0.313 e. The normalized spacial score (nSPS) is 21.1. The second kappa shape index (κ2) is 6.45. The minimum absolute atomic E-state index is 0.0825. The van der Waals surface area contributed by atoms with Gasteiger partial charge in [-0.15, -0.1) is 0 Å². The molecule has 2 aliphatic rings. The Kier molecular flexibility index (Phi) is 4.60. The fourth-order valence-electron chi connectivity index (χ4n) is 3.71. The van der Waals surface area contributed by atoms with E-state index < -0.39 is 0 Å². The van der Waals surface area contributed by atoms with Gasteiger partial charge in [-0.05, 0) is 44.2 Å². The van der Waals surface area contributed by atoms with Crippen LogP contribution < -0.4 is 5.32 Å². The number of benzene rings is 1. The fraction of sp³-hybridized carbons (Fsp3) is 0.667. The lowest BCUT2D eigenvalue weighted by Crippen LogP contribution is -2.41. The predicted octanol–water partition coefficient (Wildman–Crippen LogP) is 3.57. The summed E-state index contributed by atoms with van der Waals surface area (Å²) in [5.41, 5.74) is 1.21. The molecule has 2 nitrogen and oxygen atoms in total. The average molecular weight is 290 g/mol. The van der Waals surface area contributed by atoms with Crippen molar-refractivity contribution in [2.45, 2.75) is 51.1 Å². The Bertz CT molecular complexity index is 464. The van der Waals surface area contributed by atoms with Crippen molar-refractivity contribution in [1.29, 1.82) is 0 Å². The Balaban J connectivity index is 1.58. The van der Waals surface area contributed by atoms with Crippen LogP contribution in [-0.4, -0.2) is 31.1 Å². The molecule has 1 aromatic carbocycles. The van der Waals surface area contributed by atoms with Crippen molar-refractivity contribution in [3.63, 3.8) is 0 Å². The van der Waals surface area contributed by atoms with Crippen molar-refractivity contribution in [2.75, 3.05) is 20.1 Å². The standard InChI is InChI=1S/C18H27FN2/c1-21(12-15-6-2-3-7-17(15)19)14-18(10-4-5-11-18)13-20-16-8-9-16/h2-3,6-7,16,20H,4-5,8-14H2,1H3. The molecule has 0 aromatic heterocycles. The summed E-state index contributed by atoms with van der Waals surface area (Å²) in [6.07, 6.45) is 8.02. The van der Waals surface area contributed by atoms with Gasteiger partial charge in [-0.2, -0.15) is 0 Å². The summed E-state index contributed by atoms with van der Waals surface area (Å²) in [4.78, 5) is 2.30. The molecule has 116 valence electrons. The van der Waals surface area contributed by atoms with Crippen LogP contribution >= 0.6 is 0 Å². The summed E-state index contributed by atoms with van der Waals surface area (Å²) in [6.45, 7) is 2.91. The molecule has 0 radical (unpaired) electrons. The summed E-state index contributed by atoms with van der Waals surface area (Å²) in [7, 11) is 2.13. The molecule has 0 aliphatic heterocycles. The highest BCUT2D eigenvalue weighted by Gasteiger charge is 2.36. The molecule has 0 spiro atoms. The first-order chi connectivity index (χ1) is 10.2. The molecule has 2 fully saturated rings. The SMILES string of the molecule is CN(Cc1ccccc1F)CC1(CNC2CC2)CCCC1. The molecule has 3 heteroatoms. The molecule has 3 rings (SSSR count). The Hall–Kier alpha value is -0.930. The van der Waals surface area contributed by atoms with E-state index in [1.807, 2.05) is 12.1 Å². The minimum atomic E-state index is -0.0825. The first-order valence-corrected chi connectivity index (χ1v) is 8.32. The Labute approximate surface area is 127 Å². The monoisotopic (exact) mass is 290 g/mol. The molecule has 2 aliphatic carbocycles. The van der Waals surface area contributed by atoms with Gasteiger partial charge in [-0.25, -0.2) is 4.39 Å². The Morgan fingerprint density at radius 1 is 1.24 bits per heavy atom. The third-order valence-corrected chi connectivity index (χ3v) is 5.01. The van der Waals surface area contributed by atoms with Crippen molar-refractivity contribution < 1.29 is 4.39 Å². The maximum absolute atomic E-state index is 13.8. The molecule has 0 saturated heterocycles. The molecule has 0 atom stereocenters. The number of hydrogen-bond acceptors (Lipinski definition) is 2. The largest absolute Gasteiger partial charge is 0.313 e. The number of rotatable bonds is 7. The van der Waals surface area contributed by atoms with Crippen molar-refractivity contribution in [2.24, 2.45) is 5.41 Å². The maximum Gasteiger partial charge on any atom is 0.127 e. The first-order valence-electron chi connectivity index (χ1n) is 8.32. The topological polar surface area (TPSA) is 15.3 Å². The van der Waals surface area contributed by atoms with Gasteiger partial charge in [0.25, 0.3) is 0 Å². The number of nitrogens with one attached hydrogen (secondary N) is 1. The lowest BCUT2D eigenvalue weighted by atomic mass is 9.85. The average Bonchev–Trinajstić information content (AvgIpc) is 3.19. The second-order valence-corrected chi connectivity index (χ2v) is 7.13. The van der Waals surface area contributed by atoms with Crippen LogP contribution in [0.2, 0.25) is 0 Å². The van der Waals surface area contributed by atoms with E-state index >= 15 is 0 Å². The van der Waals surface area contributed by atoms with Crippen LogP contribution in [-0.2, 0) is 6.54 Å². The van der Waals surface area contributed by atoms with Gasteiger partial charge in [-0.1, -0.05) is 31.0 Å². The second-order valence-electron chi connectivity index (χ2n) is 7.13. The van der Waals surface area contributed by atoms with Gasteiger partial charge in [0.05, 0.1) is 0 Å². The molecule has 0 unspecified atom stereocenters. The summed E-state index contributed by atoms with van der Waals surface area (Å²) in [5, 5.41) is 3.72. The quantitative estimate of drug-likeness (QED) is 0.826. The van der Waals surface area contributed by atoms with Gasteiger partial charge in [0, 0.05) is 31.2 Å². The number of halogens is 1. The molecule has 0 amide bonds. The molecular weight excluding hydrogens is 263 g/mol. The molecule has 1 aromatic rings. The first kappa shape index (κ1) is 15.0. The van der Waals surface area contributed by atoms with E-state index in [1.165, 1.54) is 38.5 Å². The van der Waals surface area contributed by atoms with E-state index in [4.69, 9.17) is 0 Å². The van der Waals surface area contributed by atoms with Crippen molar-refractivity contribution in [3.05, 3.63) is 35.6 Å². The van der Waals surface area contributed by atoms with Crippen LogP contribution in [0.15, 0.2) is 24.3 Å². The summed E-state index contributed by atoms with van der Waals surface area (Å²) < 4.78 is 13.8. The summed E-state index contributed by atoms with van der Waals surface area (Å²) in [5.74, 6) is -0.0825. The maximum atomic E-state index is 13.8. The zero-order valence-electron chi connectivity index (χ0n) is 13.1. The van der Waals surface area contributed by atoms with E-state index in [0.717, 1.165) is 24.7 Å². The Morgan fingerprint density at radius 2 is 1.95 bits per heavy atom. The summed E-state index contributed by atoms with van der Waals surface area (Å²) in [6, 6.07) is 7.92. The predicted molar refractivity (Wildman–Crippen MR) is 84.7 cm³/mol. The third kappa shape index (κ3) is 4.04. The fourth-order valence-corrected chi connectivity index (χ4v) is 3.71. The van der Waals surface area contributed by atoms with E-state index in [0.29, 0.717) is 12.0 Å². The highest BCUT2D eigenvalue weighted by atomic mass is 19.1. The van der Waals surface area contributed by atoms with Crippen LogP contribution in [0.1, 0.15) is 44.1 Å². The smallest absolute Gasteiger partial charge is 0.127 e. The third-order valence-electron chi connectivity index (χ3n) is 5.01. The van der Waals surface area contributed by atoms with Crippen molar-refractivity contribution >= 4 is 0 Å². The van der Waals surface area contributed by atoms with Crippen LogP contribution in [0, 0.1) is 11.2 Å². The Morgan fingerprint density at radius 3 is 2.62 bits per heavy atom. The molecular formula is C18H27FN2. The lowest BCUT2D eigenvalue weighted by Gasteiger charge is -2.34. The van der Waals surface area contributed by atoms with Gasteiger partial charge in [0.15, 0.2) is 0 Å². The number of hydrogen-bond donors (Lipinski definition) is 1. The molecule has 0 bridgehead atoms. The molecule has 1 N–H and O–H groups in total. The van der Waals surface area contributed by atoms with Gasteiger partial charge >= 0.3 is 0 Å². The van der Waals surface area contributed by atoms with Gasteiger partial charge in [0.2, 0.25) is 0 Å². The van der Waals surface area contributed by atoms with E-state index in [-0.39, 0.29) is 5.82 Å². The van der Waals surface area contributed by atoms with Gasteiger partial charge in [0.1, 0.15) is 5.82 Å². The van der Waals surface area contributed by atoms with Crippen LogP contribution in [0.3, 0.4) is 0 Å². The van der Waals surface area contributed by atoms with Crippen LogP contribution in [0.4, 0.5) is 4.39 Å². The zero-order chi connectivity index (χ0) is 14.7. The highest BCUT2D eigenvalue weighted by Crippen LogP contribution is 2.39. The molecule has 21 heavy (non-hydrogen) atoms. The lowest BCUT2D eigenvalue weighted by molar-refractivity contribution is 0.166. The van der Waals surface area contributed by atoms with Crippen LogP contribution in [0.5, 0.6) is 0 Å². The summed E-state index contributed by atoms with van der Waals surface area (Å²) >= 11 is 0. The van der Waals surface area contributed by atoms with E-state index in [2.05, 4.69) is 17.3 Å². The molecule has 2 saturated carbocycles. The molecule has 0 heterocycles. The number of nitrogens with zero attached hydrogens (tertiary/aromatic N) is 1. The van der Waals surface area contributed by atoms with Crippen molar-refractivity contribution in [3.8, 4) is 0 Å². The zero-order valence-corrected chi connectivity index (χ0v) is 13.1. The van der Waals surface area contributed by atoms with Gasteiger partial charge in [-0.3, -0.25) is 0 Å². The van der Waals surface area contributed by atoms with E-state index in [1.54, 1.807) is 12.1 Å². The van der Waals surface area contributed by atoms with Crippen molar-refractivity contribution in [1.82, 2.24) is 10.2 Å².